The number of esters is 1. The maximum atomic E-state index is 11.8. The molecule has 1 aliphatic rings. The number of hydrogen-bond donors (Lipinski definition) is 0. The molecule has 0 aromatic heterocycles. The molecular formula is C13H15BrO2. The van der Waals surface area contributed by atoms with Gasteiger partial charge in [-0.2, -0.15) is 0 Å². The summed E-state index contributed by atoms with van der Waals surface area (Å²) in [6.45, 7) is 2.33. The molecule has 0 radical (unpaired) electrons. The molecule has 0 atom stereocenters. The van der Waals surface area contributed by atoms with Gasteiger partial charge in [0.15, 0.2) is 0 Å². The highest BCUT2D eigenvalue weighted by molar-refractivity contribution is 9.10. The maximum absolute atomic E-state index is 11.8. The van der Waals surface area contributed by atoms with Crippen LogP contribution >= 0.6 is 15.9 Å². The van der Waals surface area contributed by atoms with Gasteiger partial charge in [0.05, 0.1) is 12.0 Å². The van der Waals surface area contributed by atoms with Crippen LogP contribution in [-0.2, 0) is 16.0 Å². The molecule has 0 bridgehead atoms. The largest absolute Gasteiger partial charge is 0.466 e. The Morgan fingerprint density at radius 1 is 1.38 bits per heavy atom. The number of hydrogen-bond acceptors (Lipinski definition) is 2. The number of ether oxygens (including phenoxy) is 1. The van der Waals surface area contributed by atoms with Crippen LogP contribution in [0.1, 0.15) is 25.3 Å². The molecule has 0 aliphatic heterocycles. The van der Waals surface area contributed by atoms with Crippen molar-refractivity contribution in [1.82, 2.24) is 0 Å². The van der Waals surface area contributed by atoms with Crippen molar-refractivity contribution in [2.24, 2.45) is 5.41 Å². The lowest BCUT2D eigenvalue weighted by Crippen LogP contribution is -2.21. The lowest BCUT2D eigenvalue weighted by atomic mass is 9.97. The van der Waals surface area contributed by atoms with Crippen molar-refractivity contribution in [3.05, 3.63) is 34.3 Å². The predicted octanol–water partition coefficient (Wildman–Crippen LogP) is 3.33. The zero-order valence-electron chi connectivity index (χ0n) is 9.33. The number of benzene rings is 1. The van der Waals surface area contributed by atoms with E-state index in [0.717, 1.165) is 23.7 Å². The fraction of sp³-hybridized carbons (Fsp3) is 0.462. The Morgan fingerprint density at radius 3 is 2.50 bits per heavy atom. The Kier molecular flexibility index (Phi) is 3.33. The first-order valence-electron chi connectivity index (χ1n) is 5.58. The van der Waals surface area contributed by atoms with E-state index in [9.17, 15) is 4.79 Å². The summed E-state index contributed by atoms with van der Waals surface area (Å²) in [4.78, 5) is 11.8. The fourth-order valence-electron chi connectivity index (χ4n) is 1.88. The van der Waals surface area contributed by atoms with Crippen molar-refractivity contribution >= 4 is 21.9 Å². The van der Waals surface area contributed by atoms with Crippen LogP contribution in [0.15, 0.2) is 28.7 Å². The molecule has 0 unspecified atom stereocenters. The number of halogens is 1. The molecule has 0 spiro atoms. The number of carbonyl (C=O) groups is 1. The minimum Gasteiger partial charge on any atom is -0.466 e. The quantitative estimate of drug-likeness (QED) is 0.792. The summed E-state index contributed by atoms with van der Waals surface area (Å²) in [6.07, 6.45) is 2.73. The summed E-state index contributed by atoms with van der Waals surface area (Å²) < 4.78 is 6.18. The molecule has 86 valence electrons. The van der Waals surface area contributed by atoms with Crippen molar-refractivity contribution in [3.63, 3.8) is 0 Å². The van der Waals surface area contributed by atoms with Gasteiger partial charge < -0.3 is 4.74 Å². The molecule has 1 aromatic rings. The Balaban J connectivity index is 2.04. The van der Waals surface area contributed by atoms with Crippen LogP contribution < -0.4 is 0 Å². The first kappa shape index (κ1) is 11.6. The molecule has 1 fully saturated rings. The molecule has 0 heterocycles. The normalized spacial score (nSPS) is 16.9. The van der Waals surface area contributed by atoms with Gasteiger partial charge in [-0.25, -0.2) is 0 Å². The summed E-state index contributed by atoms with van der Waals surface area (Å²) in [6, 6.07) is 8.14. The lowest BCUT2D eigenvalue weighted by molar-refractivity contribution is -0.149. The van der Waals surface area contributed by atoms with Gasteiger partial charge in [-0.15, -0.1) is 0 Å². The zero-order valence-corrected chi connectivity index (χ0v) is 10.9. The van der Waals surface area contributed by atoms with E-state index in [1.165, 1.54) is 5.56 Å². The average Bonchev–Trinajstić information content (AvgIpc) is 3.03. The Hall–Kier alpha value is -0.830. The van der Waals surface area contributed by atoms with E-state index in [-0.39, 0.29) is 11.4 Å². The van der Waals surface area contributed by atoms with Gasteiger partial charge in [0.2, 0.25) is 0 Å². The highest BCUT2D eigenvalue weighted by atomic mass is 79.9. The van der Waals surface area contributed by atoms with Crippen molar-refractivity contribution < 1.29 is 9.53 Å². The van der Waals surface area contributed by atoms with Crippen LogP contribution in [0.25, 0.3) is 0 Å². The lowest BCUT2D eigenvalue weighted by Gasteiger charge is -2.13. The van der Waals surface area contributed by atoms with Crippen LogP contribution in [0.5, 0.6) is 0 Å². The van der Waals surface area contributed by atoms with E-state index < -0.39 is 0 Å². The second-order valence-electron chi connectivity index (χ2n) is 4.30. The van der Waals surface area contributed by atoms with Crippen LogP contribution in [-0.4, -0.2) is 12.6 Å². The third-order valence-electron chi connectivity index (χ3n) is 3.02. The third kappa shape index (κ3) is 2.46. The minimum absolute atomic E-state index is 0.0297. The second-order valence-corrected chi connectivity index (χ2v) is 5.22. The third-order valence-corrected chi connectivity index (χ3v) is 3.55. The summed E-state index contributed by atoms with van der Waals surface area (Å²) >= 11 is 3.40. The topological polar surface area (TPSA) is 26.3 Å². The highest BCUT2D eigenvalue weighted by Crippen LogP contribution is 2.49. The first-order chi connectivity index (χ1) is 7.66. The van der Waals surface area contributed by atoms with E-state index in [0.29, 0.717) is 6.61 Å². The van der Waals surface area contributed by atoms with E-state index in [1.54, 1.807) is 0 Å². The van der Waals surface area contributed by atoms with Gasteiger partial charge >= 0.3 is 5.97 Å². The van der Waals surface area contributed by atoms with E-state index >= 15 is 0 Å². The second kappa shape index (κ2) is 4.58. The zero-order chi connectivity index (χ0) is 11.6. The van der Waals surface area contributed by atoms with E-state index in [1.807, 2.05) is 19.1 Å². The average molecular weight is 283 g/mol. The van der Waals surface area contributed by atoms with E-state index in [2.05, 4.69) is 28.1 Å². The summed E-state index contributed by atoms with van der Waals surface area (Å²) in [7, 11) is 0. The summed E-state index contributed by atoms with van der Waals surface area (Å²) in [5, 5.41) is 0. The molecule has 0 N–H and O–H groups in total. The summed E-state index contributed by atoms with van der Waals surface area (Å²) in [5.74, 6) is -0.0297. The van der Waals surface area contributed by atoms with Crippen LogP contribution in [0.4, 0.5) is 0 Å². The van der Waals surface area contributed by atoms with Gasteiger partial charge in [-0.3, -0.25) is 4.79 Å². The van der Waals surface area contributed by atoms with Crippen molar-refractivity contribution in [3.8, 4) is 0 Å². The minimum atomic E-state index is -0.218. The van der Waals surface area contributed by atoms with Crippen molar-refractivity contribution in [1.29, 1.82) is 0 Å². The first-order valence-corrected chi connectivity index (χ1v) is 6.37. The fourth-order valence-corrected chi connectivity index (χ4v) is 2.15. The van der Waals surface area contributed by atoms with Crippen molar-refractivity contribution in [2.75, 3.05) is 6.61 Å². The predicted molar refractivity (Wildman–Crippen MR) is 66.1 cm³/mol. The van der Waals surface area contributed by atoms with E-state index in [4.69, 9.17) is 4.74 Å². The molecule has 1 aromatic carbocycles. The Bertz CT molecular complexity index is 379. The molecule has 0 saturated heterocycles. The van der Waals surface area contributed by atoms with Gasteiger partial charge in [-0.1, -0.05) is 28.1 Å². The molecule has 2 rings (SSSR count). The van der Waals surface area contributed by atoms with Gasteiger partial charge in [-0.05, 0) is 43.9 Å². The van der Waals surface area contributed by atoms with Gasteiger partial charge in [0.1, 0.15) is 0 Å². The molecular weight excluding hydrogens is 268 g/mol. The number of carbonyl (C=O) groups excluding carboxylic acids is 1. The maximum Gasteiger partial charge on any atom is 0.312 e. The molecule has 1 saturated carbocycles. The Morgan fingerprint density at radius 2 is 2.00 bits per heavy atom. The molecule has 3 heteroatoms. The number of rotatable bonds is 4. The smallest absolute Gasteiger partial charge is 0.312 e. The SMILES string of the molecule is CCOC(=O)C1(Cc2ccc(Br)cc2)CC1. The van der Waals surface area contributed by atoms with Crippen LogP contribution in [0, 0.1) is 5.41 Å². The van der Waals surface area contributed by atoms with Gasteiger partial charge in [0.25, 0.3) is 0 Å². The van der Waals surface area contributed by atoms with Gasteiger partial charge in [0, 0.05) is 4.47 Å². The summed E-state index contributed by atoms with van der Waals surface area (Å²) in [5.41, 5.74) is 0.984. The molecule has 0 amide bonds. The highest BCUT2D eigenvalue weighted by Gasteiger charge is 2.50. The van der Waals surface area contributed by atoms with Crippen LogP contribution in [0.2, 0.25) is 0 Å². The molecule has 1 aliphatic carbocycles. The monoisotopic (exact) mass is 282 g/mol. The molecule has 2 nitrogen and oxygen atoms in total. The Labute approximate surface area is 104 Å². The van der Waals surface area contributed by atoms with Crippen LogP contribution in [0.3, 0.4) is 0 Å². The standard InChI is InChI=1S/C13H15BrO2/c1-2-16-12(15)13(7-8-13)9-10-3-5-11(14)6-4-10/h3-6H,2,7-9H2,1H3. The molecule has 16 heavy (non-hydrogen) atoms. The van der Waals surface area contributed by atoms with Crippen molar-refractivity contribution in [2.45, 2.75) is 26.2 Å².